The molecule has 3 rings (SSSR count). The molecule has 0 spiro atoms. The van der Waals surface area contributed by atoms with Crippen LogP contribution in [0.1, 0.15) is 32.1 Å². The summed E-state index contributed by atoms with van der Waals surface area (Å²) in [6, 6.07) is 0. The molecule has 72 heavy (non-hydrogen) atoms. The van der Waals surface area contributed by atoms with Crippen molar-refractivity contribution in [2.75, 3.05) is 98.9 Å². The zero-order valence-electron chi connectivity index (χ0n) is 39.3. The number of aliphatic carboxylic acids is 1. The first kappa shape index (κ1) is 62.8. The Morgan fingerprint density at radius 3 is 0.986 bits per heavy atom. The molecule has 31 nitrogen and oxygen atoms in total. The minimum atomic E-state index is -1.67. The van der Waals surface area contributed by atoms with Gasteiger partial charge in [0, 0.05) is 45.3 Å². The molecule has 0 aliphatic carbocycles. The van der Waals surface area contributed by atoms with Crippen molar-refractivity contribution in [1.82, 2.24) is 21.3 Å². The Morgan fingerprint density at radius 1 is 0.403 bits per heavy atom. The predicted octanol–water partition coefficient (Wildman–Crippen LogP) is -10.3. The third kappa shape index (κ3) is 20.7. The Morgan fingerprint density at radius 2 is 0.708 bits per heavy atom. The molecule has 31 heteroatoms. The fourth-order valence-corrected chi connectivity index (χ4v) is 7.09. The Balaban J connectivity index is 1.56. The van der Waals surface area contributed by atoms with E-state index in [1.165, 1.54) is 0 Å². The van der Waals surface area contributed by atoms with E-state index in [-0.39, 0.29) is 78.5 Å². The maximum Gasteiger partial charge on any atom is 0.303 e. The zero-order chi connectivity index (χ0) is 53.4. The first-order chi connectivity index (χ1) is 34.3. The fourth-order valence-electron chi connectivity index (χ4n) is 7.09. The molecule has 418 valence electrons. The molecule has 0 saturated carbocycles. The lowest BCUT2D eigenvalue weighted by atomic mass is 9.99. The van der Waals surface area contributed by atoms with Crippen molar-refractivity contribution in [1.29, 1.82) is 0 Å². The normalized spacial score (nSPS) is 30.9. The summed E-state index contributed by atoms with van der Waals surface area (Å²) in [5.41, 5.74) is -1.63. The summed E-state index contributed by atoms with van der Waals surface area (Å²) in [5.74, 6) is -3.71. The van der Waals surface area contributed by atoms with E-state index in [4.69, 9.17) is 42.6 Å². The molecule has 17 N–H and O–H groups in total. The van der Waals surface area contributed by atoms with Gasteiger partial charge < -0.3 is 130 Å². The van der Waals surface area contributed by atoms with Gasteiger partial charge in [-0.3, -0.25) is 24.0 Å². The van der Waals surface area contributed by atoms with Gasteiger partial charge in [0.05, 0.1) is 85.7 Å². The zero-order valence-corrected chi connectivity index (χ0v) is 39.3. The standard InChI is InChI=1S/C41H72N4O27/c46-15-21-29(55)32(58)35(61)38(70-21)67-12-6-42-24(49)3-9-64-18-41(45-27(52)1-2-28(53)54,19-65-10-4-25(50)43-7-13-68-39-36(62)33(59)30(56)22(16-47)71-39)20-66-11-5-26(51)44-8-14-69-40-37(63)34(60)31(57)23(17-48)72-40/h21-23,29-40,46-48,55-63H,1-20H2,(H,42,49)(H,43,50)(H,44,51)(H,45,52)(H,53,54)/t21-,22-,23-,29-,30-,31-,32+,33+,34+,35+,36+,37+,38+,39+,40+/m1/s1. The highest BCUT2D eigenvalue weighted by molar-refractivity contribution is 5.81. The van der Waals surface area contributed by atoms with Crippen LogP contribution in [-0.2, 0) is 66.6 Å². The number of carbonyl (C=O) groups excluding carboxylic acids is 4. The number of ether oxygens (including phenoxy) is 9. The molecule has 0 radical (unpaired) electrons. The van der Waals surface area contributed by atoms with Gasteiger partial charge >= 0.3 is 5.97 Å². The highest BCUT2D eigenvalue weighted by Gasteiger charge is 2.46. The van der Waals surface area contributed by atoms with Crippen LogP contribution in [0.2, 0.25) is 0 Å². The third-order valence-corrected chi connectivity index (χ3v) is 11.2. The van der Waals surface area contributed by atoms with Crippen molar-refractivity contribution < 1.29 is 133 Å². The monoisotopic (exact) mass is 1050 g/mol. The molecule has 0 unspecified atom stereocenters. The number of aliphatic hydroxyl groups is 12. The number of carboxylic acid groups (broad SMARTS) is 1. The number of nitrogens with one attached hydrogen (secondary N) is 4. The summed E-state index contributed by atoms with van der Waals surface area (Å²) >= 11 is 0. The van der Waals surface area contributed by atoms with Gasteiger partial charge in [0.2, 0.25) is 23.6 Å². The summed E-state index contributed by atoms with van der Waals surface area (Å²) in [6.07, 6.45) is -24.4. The Labute approximate surface area is 412 Å². The van der Waals surface area contributed by atoms with Gasteiger partial charge in [0.1, 0.15) is 78.8 Å². The molecule has 0 aromatic rings. The number of aliphatic hydroxyl groups excluding tert-OH is 12. The summed E-state index contributed by atoms with van der Waals surface area (Å²) in [5, 5.41) is 138. The number of amides is 4. The van der Waals surface area contributed by atoms with Crippen LogP contribution in [0, 0.1) is 0 Å². The van der Waals surface area contributed by atoms with E-state index in [1.807, 2.05) is 0 Å². The number of rotatable bonds is 34. The van der Waals surface area contributed by atoms with E-state index in [1.54, 1.807) is 0 Å². The molecule has 3 heterocycles. The summed E-state index contributed by atoms with van der Waals surface area (Å²) in [4.78, 5) is 62.3. The number of hydrogen-bond donors (Lipinski definition) is 17. The van der Waals surface area contributed by atoms with Crippen LogP contribution in [0.4, 0.5) is 0 Å². The molecule has 0 aromatic heterocycles. The fraction of sp³-hybridized carbons (Fsp3) is 0.878. The first-order valence-corrected chi connectivity index (χ1v) is 23.1. The summed E-state index contributed by atoms with van der Waals surface area (Å²) in [7, 11) is 0. The van der Waals surface area contributed by atoms with E-state index < -0.39 is 180 Å². The number of hydrogen-bond acceptors (Lipinski definition) is 26. The lowest BCUT2D eigenvalue weighted by molar-refractivity contribution is -0.300. The topological polar surface area (TPSA) is 480 Å². The molecule has 4 amide bonds. The quantitative estimate of drug-likeness (QED) is 0.0266. The maximum absolute atomic E-state index is 13.1. The van der Waals surface area contributed by atoms with Crippen LogP contribution in [0.25, 0.3) is 0 Å². The highest BCUT2D eigenvalue weighted by Crippen LogP contribution is 2.24. The molecular weight excluding hydrogens is 980 g/mol. The second kappa shape index (κ2) is 32.7. The predicted molar refractivity (Wildman–Crippen MR) is 232 cm³/mol. The van der Waals surface area contributed by atoms with Crippen LogP contribution in [0.5, 0.6) is 0 Å². The molecule has 3 aliphatic rings. The van der Waals surface area contributed by atoms with E-state index in [0.29, 0.717) is 0 Å². The summed E-state index contributed by atoms with van der Waals surface area (Å²) in [6.45, 7) is -5.12. The molecule has 15 atom stereocenters. The SMILES string of the molecule is O=C(O)CCC(=O)NC(COCCC(=O)NCCO[C@H]1O[C@H](CO)[C@@H](O)[C@H](O)[C@@H]1O)(COCCC(=O)NCCO[C@H]1O[C@H](CO)[C@@H](O)[C@H](O)[C@@H]1O)COCCC(=O)NCCO[C@H]1O[C@H](CO)[C@@H](O)[C@H](O)[C@@H]1O. The second-order valence-corrected chi connectivity index (χ2v) is 16.9. The molecule has 0 aromatic carbocycles. The van der Waals surface area contributed by atoms with Gasteiger partial charge in [0.15, 0.2) is 18.9 Å². The van der Waals surface area contributed by atoms with Crippen LogP contribution in [0.15, 0.2) is 0 Å². The number of carbonyl (C=O) groups is 5. The van der Waals surface area contributed by atoms with Crippen LogP contribution < -0.4 is 21.3 Å². The molecule has 3 aliphatic heterocycles. The average Bonchev–Trinajstić information content (AvgIpc) is 3.36. The number of carboxylic acids is 1. The molecule has 3 saturated heterocycles. The third-order valence-electron chi connectivity index (χ3n) is 11.2. The van der Waals surface area contributed by atoms with Gasteiger partial charge in [-0.2, -0.15) is 0 Å². The smallest absolute Gasteiger partial charge is 0.303 e. The molecule has 3 fully saturated rings. The Kier molecular flexibility index (Phi) is 28.6. The minimum Gasteiger partial charge on any atom is -0.481 e. The van der Waals surface area contributed by atoms with Crippen molar-refractivity contribution >= 4 is 29.6 Å². The lowest BCUT2D eigenvalue weighted by Crippen LogP contribution is -2.59. The summed E-state index contributed by atoms with van der Waals surface area (Å²) < 4.78 is 49.1. The van der Waals surface area contributed by atoms with E-state index in [9.17, 15) is 90.4 Å². The van der Waals surface area contributed by atoms with E-state index >= 15 is 0 Å². The van der Waals surface area contributed by atoms with Crippen LogP contribution in [-0.4, -0.2) is 293 Å². The van der Waals surface area contributed by atoms with Gasteiger partial charge in [-0.1, -0.05) is 0 Å². The van der Waals surface area contributed by atoms with Gasteiger partial charge in [-0.25, -0.2) is 0 Å². The van der Waals surface area contributed by atoms with Crippen molar-refractivity contribution in [3.8, 4) is 0 Å². The second-order valence-electron chi connectivity index (χ2n) is 16.9. The van der Waals surface area contributed by atoms with Crippen molar-refractivity contribution in [2.24, 2.45) is 0 Å². The van der Waals surface area contributed by atoms with Crippen molar-refractivity contribution in [3.63, 3.8) is 0 Å². The van der Waals surface area contributed by atoms with E-state index in [2.05, 4.69) is 21.3 Å². The van der Waals surface area contributed by atoms with Gasteiger partial charge in [-0.15, -0.1) is 0 Å². The minimum absolute atomic E-state index is 0.114. The Hall–Kier alpha value is -3.49. The average molecular weight is 1050 g/mol. The van der Waals surface area contributed by atoms with Crippen molar-refractivity contribution in [2.45, 2.75) is 130 Å². The maximum atomic E-state index is 13.1. The van der Waals surface area contributed by atoms with Gasteiger partial charge in [-0.05, 0) is 0 Å². The van der Waals surface area contributed by atoms with E-state index in [0.717, 1.165) is 0 Å². The lowest BCUT2D eigenvalue weighted by Gasteiger charge is -2.39. The van der Waals surface area contributed by atoms with Crippen LogP contribution in [0.3, 0.4) is 0 Å². The molecular formula is C41H72N4O27. The molecule has 0 bridgehead atoms. The first-order valence-electron chi connectivity index (χ1n) is 23.1. The highest BCUT2D eigenvalue weighted by atomic mass is 16.7. The van der Waals surface area contributed by atoms with Gasteiger partial charge in [0.25, 0.3) is 0 Å². The van der Waals surface area contributed by atoms with Crippen LogP contribution >= 0.6 is 0 Å². The largest absolute Gasteiger partial charge is 0.481 e. The van der Waals surface area contributed by atoms with Crippen molar-refractivity contribution in [3.05, 3.63) is 0 Å². The Bertz CT molecular complexity index is 1460.